The summed E-state index contributed by atoms with van der Waals surface area (Å²) in [5.74, 6) is 0. The Balaban J connectivity index is 1.25. The van der Waals surface area contributed by atoms with Crippen LogP contribution in [0.5, 0.6) is 0 Å². The smallest absolute Gasteiger partial charge is 0.456 e. The fourth-order valence-corrected chi connectivity index (χ4v) is 7.15. The second-order valence-corrected chi connectivity index (χ2v) is 13.8. The van der Waals surface area contributed by atoms with Crippen LogP contribution in [0.1, 0.15) is 27.7 Å². The average Bonchev–Trinajstić information content (AvgIpc) is 3.59. The molecule has 8 aromatic rings. The molecular weight excluding hydrogens is 589 g/mol. The number of rotatable bonds is 4. The van der Waals surface area contributed by atoms with Crippen molar-refractivity contribution in [2.24, 2.45) is 0 Å². The summed E-state index contributed by atoms with van der Waals surface area (Å²) in [4.78, 5) is 4.92. The predicted molar refractivity (Wildman–Crippen MR) is 199 cm³/mol. The molecule has 1 saturated heterocycles. The Morgan fingerprint density at radius 1 is 0.458 bits per heavy atom. The molecule has 232 valence electrons. The Morgan fingerprint density at radius 3 is 1.69 bits per heavy atom. The third kappa shape index (κ3) is 4.50. The minimum Gasteiger partial charge on any atom is -0.456 e. The molecule has 0 amide bonds. The first kappa shape index (κ1) is 29.0. The van der Waals surface area contributed by atoms with E-state index in [1.165, 1.54) is 32.7 Å². The predicted octanol–water partition coefficient (Wildman–Crippen LogP) is 10.6. The number of hydrogen-bond acceptors (Lipinski definition) is 4. The molecule has 48 heavy (non-hydrogen) atoms. The van der Waals surface area contributed by atoms with Gasteiger partial charge in [-0.15, -0.1) is 0 Å². The van der Waals surface area contributed by atoms with Crippen LogP contribution in [-0.4, -0.2) is 23.3 Å². The van der Waals surface area contributed by atoms with Gasteiger partial charge < -0.3 is 13.7 Å². The molecule has 0 saturated carbocycles. The van der Waals surface area contributed by atoms with Gasteiger partial charge in [-0.2, -0.15) is 0 Å². The van der Waals surface area contributed by atoms with Crippen molar-refractivity contribution >= 4 is 56.2 Å². The normalized spacial score (nSPS) is 15.6. The fraction of sp³-hybridized carbons (Fsp3) is 0.140. The minimum atomic E-state index is -0.509. The summed E-state index contributed by atoms with van der Waals surface area (Å²) in [7, 11) is -0.509. The largest absolute Gasteiger partial charge is 0.514 e. The highest BCUT2D eigenvalue weighted by molar-refractivity contribution is 6.61. The van der Waals surface area contributed by atoms with Crippen LogP contribution in [0.4, 0.5) is 0 Å². The van der Waals surface area contributed by atoms with Crippen molar-refractivity contribution in [3.63, 3.8) is 0 Å². The molecule has 3 heterocycles. The summed E-state index contributed by atoms with van der Waals surface area (Å²) in [6.07, 6.45) is 1.97. The first-order valence-electron chi connectivity index (χ1n) is 16.5. The van der Waals surface area contributed by atoms with E-state index in [1.54, 1.807) is 0 Å². The van der Waals surface area contributed by atoms with Gasteiger partial charge in [-0.25, -0.2) is 0 Å². The molecule has 0 radical (unpaired) electrons. The van der Waals surface area contributed by atoms with Crippen molar-refractivity contribution in [2.45, 2.75) is 38.9 Å². The number of fused-ring (bicyclic) bond motifs is 5. The van der Waals surface area contributed by atoms with E-state index in [9.17, 15) is 0 Å². The highest BCUT2D eigenvalue weighted by Crippen LogP contribution is 2.45. The summed E-state index contributed by atoms with van der Waals surface area (Å²) in [6, 6.07) is 45.2. The summed E-state index contributed by atoms with van der Waals surface area (Å²) in [5.41, 5.74) is 8.66. The van der Waals surface area contributed by atoms with E-state index >= 15 is 0 Å². The lowest BCUT2D eigenvalue weighted by atomic mass is 9.82. The second-order valence-electron chi connectivity index (χ2n) is 13.8. The van der Waals surface area contributed by atoms with E-state index in [0.29, 0.717) is 0 Å². The third-order valence-corrected chi connectivity index (χ3v) is 10.4. The molecule has 5 heteroatoms. The Hall–Kier alpha value is -5.23. The van der Waals surface area contributed by atoms with Gasteiger partial charge in [-0.1, -0.05) is 97.1 Å². The molecule has 2 aromatic heterocycles. The van der Waals surface area contributed by atoms with Crippen LogP contribution in [0, 0.1) is 0 Å². The number of benzene rings is 6. The Morgan fingerprint density at radius 2 is 1.00 bits per heavy atom. The minimum absolute atomic E-state index is 0.426. The fourth-order valence-electron chi connectivity index (χ4n) is 7.15. The zero-order valence-electron chi connectivity index (χ0n) is 27.5. The number of pyridine rings is 1. The molecule has 0 bridgehead atoms. The molecule has 0 aliphatic carbocycles. The van der Waals surface area contributed by atoms with E-state index in [-0.39, 0.29) is 0 Å². The van der Waals surface area contributed by atoms with Crippen molar-refractivity contribution in [3.05, 3.63) is 134 Å². The molecule has 6 aromatic carbocycles. The molecular formula is C43H34BNO3. The maximum Gasteiger partial charge on any atom is 0.514 e. The summed E-state index contributed by atoms with van der Waals surface area (Å²) >= 11 is 0. The number of nitrogens with zero attached hydrogens (tertiary/aromatic N) is 1. The first-order chi connectivity index (χ1) is 23.3. The van der Waals surface area contributed by atoms with Crippen LogP contribution in [-0.2, 0) is 9.31 Å². The lowest BCUT2D eigenvalue weighted by molar-refractivity contribution is 0.00578. The van der Waals surface area contributed by atoms with Gasteiger partial charge in [-0.05, 0) is 107 Å². The van der Waals surface area contributed by atoms with Crippen LogP contribution in [0.3, 0.4) is 0 Å². The molecule has 0 atom stereocenters. The number of aromatic nitrogens is 1. The van der Waals surface area contributed by atoms with Gasteiger partial charge in [0.05, 0.1) is 16.8 Å². The summed E-state index contributed by atoms with van der Waals surface area (Å²) < 4.78 is 18.8. The van der Waals surface area contributed by atoms with E-state index < -0.39 is 18.3 Å². The van der Waals surface area contributed by atoms with Crippen molar-refractivity contribution in [2.75, 3.05) is 0 Å². The maximum atomic E-state index is 6.31. The molecule has 4 nitrogen and oxygen atoms in total. The van der Waals surface area contributed by atoms with Crippen molar-refractivity contribution in [1.82, 2.24) is 4.98 Å². The monoisotopic (exact) mass is 623 g/mol. The van der Waals surface area contributed by atoms with E-state index in [4.69, 9.17) is 18.7 Å². The van der Waals surface area contributed by atoms with Crippen LogP contribution in [0.2, 0.25) is 0 Å². The van der Waals surface area contributed by atoms with Gasteiger partial charge in [-0.3, -0.25) is 4.98 Å². The van der Waals surface area contributed by atoms with Crippen molar-refractivity contribution < 1.29 is 13.7 Å². The van der Waals surface area contributed by atoms with Crippen LogP contribution < -0.4 is 5.59 Å². The van der Waals surface area contributed by atoms with E-state index in [2.05, 4.69) is 137 Å². The van der Waals surface area contributed by atoms with E-state index in [1.807, 2.05) is 24.4 Å². The van der Waals surface area contributed by atoms with Crippen LogP contribution in [0.15, 0.2) is 138 Å². The molecule has 1 aliphatic heterocycles. The van der Waals surface area contributed by atoms with Crippen LogP contribution in [0.25, 0.3) is 76.9 Å². The molecule has 1 aliphatic rings. The van der Waals surface area contributed by atoms with Crippen LogP contribution >= 0.6 is 0 Å². The average molecular weight is 624 g/mol. The lowest BCUT2D eigenvalue weighted by Crippen LogP contribution is -2.41. The molecule has 1 fully saturated rings. The number of hydrogen-bond donors (Lipinski definition) is 0. The quantitative estimate of drug-likeness (QED) is 0.145. The molecule has 9 rings (SSSR count). The summed E-state index contributed by atoms with van der Waals surface area (Å²) in [6.45, 7) is 8.27. The van der Waals surface area contributed by atoms with Gasteiger partial charge in [0.1, 0.15) is 11.2 Å². The van der Waals surface area contributed by atoms with Crippen molar-refractivity contribution in [3.8, 4) is 33.4 Å². The zero-order valence-corrected chi connectivity index (χ0v) is 27.5. The SMILES string of the molecule is CC1(C)OB(c2ccc(-c3c4ccccc4c(-c4ccccc4)c4cc(-c5ccc6oc7ccccc7c6c5)ccc34)cn2)OC1(C)C. The number of para-hydroxylation sites is 1. The topological polar surface area (TPSA) is 44.5 Å². The molecule has 0 unspecified atom stereocenters. The summed E-state index contributed by atoms with van der Waals surface area (Å²) in [5, 5.41) is 7.02. The molecule has 0 N–H and O–H groups in total. The Bertz CT molecular complexity index is 2500. The third-order valence-electron chi connectivity index (χ3n) is 10.4. The lowest BCUT2D eigenvalue weighted by Gasteiger charge is -2.32. The van der Waals surface area contributed by atoms with Gasteiger partial charge in [0.25, 0.3) is 0 Å². The first-order valence-corrected chi connectivity index (χ1v) is 16.5. The Kier molecular flexibility index (Phi) is 6.42. The second kappa shape index (κ2) is 10.6. The highest BCUT2D eigenvalue weighted by atomic mass is 16.7. The zero-order chi connectivity index (χ0) is 32.6. The highest BCUT2D eigenvalue weighted by Gasteiger charge is 2.52. The van der Waals surface area contributed by atoms with Gasteiger partial charge in [0.15, 0.2) is 0 Å². The molecule has 0 spiro atoms. The maximum absolute atomic E-state index is 6.31. The van der Waals surface area contributed by atoms with Crippen molar-refractivity contribution in [1.29, 1.82) is 0 Å². The Labute approximate surface area is 280 Å². The van der Waals surface area contributed by atoms with Gasteiger partial charge in [0.2, 0.25) is 0 Å². The van der Waals surface area contributed by atoms with Gasteiger partial charge >= 0.3 is 7.12 Å². The van der Waals surface area contributed by atoms with E-state index in [0.717, 1.165) is 49.8 Å². The number of furan rings is 1. The standard InChI is InChI=1S/C43H34BNO3/c1-42(2)43(3,4)48-44(47-42)39-23-20-30(26-45-39)41-33-16-9-8-15-32(33)40(27-12-6-5-7-13-27)36-25-28(18-21-34(36)41)29-19-22-38-35(24-29)31-14-10-11-17-37(31)46-38/h5-26H,1-4H3. The van der Waals surface area contributed by atoms with Gasteiger partial charge in [0, 0.05) is 22.5 Å².